The number of thiocarbonyl (C=S) groups is 1. The van der Waals surface area contributed by atoms with E-state index in [1.54, 1.807) is 18.2 Å². The largest absolute Gasteiger partial charge is 0.456 e. The quantitative estimate of drug-likeness (QED) is 0.881. The summed E-state index contributed by atoms with van der Waals surface area (Å²) in [5.74, 6) is 1.74. The number of ether oxygens (including phenoxy) is 3. The van der Waals surface area contributed by atoms with Crippen LogP contribution in [0.5, 0.6) is 23.0 Å². The summed E-state index contributed by atoms with van der Waals surface area (Å²) in [4.78, 5) is 0.0697. The minimum absolute atomic E-state index is 0.0697. The number of hydrogen-bond acceptors (Lipinski definition) is 4. The van der Waals surface area contributed by atoms with Gasteiger partial charge in [0, 0.05) is 6.07 Å². The monoisotopic (exact) mass is 291 g/mol. The molecule has 2 aromatic rings. The summed E-state index contributed by atoms with van der Waals surface area (Å²) in [6, 6.07) is 9.15. The molecule has 0 spiro atoms. The molecule has 1 aliphatic rings. The van der Waals surface area contributed by atoms with Gasteiger partial charge in [-0.25, -0.2) is 4.39 Å². The third-order valence-corrected chi connectivity index (χ3v) is 3.00. The Balaban J connectivity index is 1.93. The van der Waals surface area contributed by atoms with Gasteiger partial charge >= 0.3 is 0 Å². The Bertz CT molecular complexity index is 690. The zero-order valence-corrected chi connectivity index (χ0v) is 11.1. The molecule has 6 heteroatoms. The van der Waals surface area contributed by atoms with Crippen molar-refractivity contribution in [2.75, 3.05) is 6.79 Å². The molecule has 0 amide bonds. The lowest BCUT2D eigenvalue weighted by molar-refractivity contribution is 0.174. The molecule has 102 valence electrons. The van der Waals surface area contributed by atoms with Crippen molar-refractivity contribution in [3.8, 4) is 23.0 Å². The zero-order valence-electron chi connectivity index (χ0n) is 10.3. The van der Waals surface area contributed by atoms with E-state index in [0.717, 1.165) is 0 Å². The summed E-state index contributed by atoms with van der Waals surface area (Å²) in [6.07, 6.45) is 0. The fourth-order valence-corrected chi connectivity index (χ4v) is 2.01. The second kappa shape index (κ2) is 4.97. The van der Waals surface area contributed by atoms with E-state index in [2.05, 4.69) is 0 Å². The van der Waals surface area contributed by atoms with Gasteiger partial charge in [0.1, 0.15) is 22.3 Å². The van der Waals surface area contributed by atoms with Gasteiger partial charge in [-0.05, 0) is 30.3 Å². The number of nitrogens with two attached hydrogens (primary N) is 1. The molecule has 0 bridgehead atoms. The van der Waals surface area contributed by atoms with E-state index >= 15 is 0 Å². The van der Waals surface area contributed by atoms with Gasteiger partial charge in [-0.15, -0.1) is 0 Å². The number of benzene rings is 2. The van der Waals surface area contributed by atoms with Gasteiger partial charge in [0.15, 0.2) is 11.5 Å². The Morgan fingerprint density at radius 1 is 1.15 bits per heavy atom. The maximum Gasteiger partial charge on any atom is 0.231 e. The van der Waals surface area contributed by atoms with Crippen molar-refractivity contribution in [2.24, 2.45) is 5.73 Å². The highest BCUT2D eigenvalue weighted by atomic mass is 32.1. The summed E-state index contributed by atoms with van der Waals surface area (Å²) in [6.45, 7) is 0.188. The predicted molar refractivity (Wildman–Crippen MR) is 74.9 cm³/mol. The van der Waals surface area contributed by atoms with Crippen LogP contribution >= 0.6 is 12.2 Å². The standard InChI is InChI=1S/C14H10FNO3S/c15-8-1-3-11(10(5-8)14(16)20)19-9-2-4-12-13(6-9)18-7-17-12/h1-6H,7H2,(H2,16,20). The first-order valence-electron chi connectivity index (χ1n) is 5.80. The summed E-state index contributed by atoms with van der Waals surface area (Å²) in [5.41, 5.74) is 5.91. The second-order valence-electron chi connectivity index (χ2n) is 4.12. The van der Waals surface area contributed by atoms with Gasteiger partial charge in [0.05, 0.1) is 5.56 Å². The van der Waals surface area contributed by atoms with Crippen molar-refractivity contribution in [2.45, 2.75) is 0 Å². The SMILES string of the molecule is NC(=S)c1cc(F)ccc1Oc1ccc2c(c1)OCO2. The van der Waals surface area contributed by atoms with E-state index in [1.807, 2.05) is 0 Å². The minimum atomic E-state index is -0.425. The molecular formula is C14H10FNO3S. The highest BCUT2D eigenvalue weighted by Gasteiger charge is 2.15. The van der Waals surface area contributed by atoms with Crippen LogP contribution in [-0.4, -0.2) is 11.8 Å². The first-order valence-corrected chi connectivity index (χ1v) is 6.21. The van der Waals surface area contributed by atoms with Crippen molar-refractivity contribution in [1.82, 2.24) is 0 Å². The average molecular weight is 291 g/mol. The normalized spacial score (nSPS) is 12.2. The Morgan fingerprint density at radius 2 is 1.95 bits per heavy atom. The van der Waals surface area contributed by atoms with E-state index in [9.17, 15) is 4.39 Å². The summed E-state index contributed by atoms with van der Waals surface area (Å²) in [7, 11) is 0. The third kappa shape index (κ3) is 2.37. The molecule has 1 aliphatic heterocycles. The second-order valence-corrected chi connectivity index (χ2v) is 4.56. The van der Waals surface area contributed by atoms with Gasteiger partial charge in [-0.2, -0.15) is 0 Å². The van der Waals surface area contributed by atoms with E-state index in [-0.39, 0.29) is 11.8 Å². The molecule has 0 unspecified atom stereocenters. The molecule has 0 saturated carbocycles. The molecule has 0 radical (unpaired) electrons. The van der Waals surface area contributed by atoms with E-state index in [4.69, 9.17) is 32.2 Å². The fraction of sp³-hybridized carbons (Fsp3) is 0.0714. The highest BCUT2D eigenvalue weighted by molar-refractivity contribution is 7.80. The van der Waals surface area contributed by atoms with Crippen LogP contribution in [0.3, 0.4) is 0 Å². The number of hydrogen-bond donors (Lipinski definition) is 1. The number of halogens is 1. The lowest BCUT2D eigenvalue weighted by atomic mass is 10.2. The highest BCUT2D eigenvalue weighted by Crippen LogP contribution is 2.37. The average Bonchev–Trinajstić information content (AvgIpc) is 2.88. The predicted octanol–water partition coefficient (Wildman–Crippen LogP) is 2.98. The third-order valence-electron chi connectivity index (χ3n) is 2.78. The first-order chi connectivity index (χ1) is 9.63. The van der Waals surface area contributed by atoms with Crippen LogP contribution < -0.4 is 19.9 Å². The maximum absolute atomic E-state index is 13.2. The van der Waals surface area contributed by atoms with Crippen molar-refractivity contribution in [3.05, 3.63) is 47.8 Å². The molecule has 2 N–H and O–H groups in total. The van der Waals surface area contributed by atoms with E-state index in [0.29, 0.717) is 28.6 Å². The molecule has 0 aliphatic carbocycles. The Hall–Kier alpha value is -2.34. The Morgan fingerprint density at radius 3 is 2.75 bits per heavy atom. The van der Waals surface area contributed by atoms with Crippen LogP contribution in [0.2, 0.25) is 0 Å². The lowest BCUT2D eigenvalue weighted by Gasteiger charge is -2.10. The van der Waals surface area contributed by atoms with Gasteiger partial charge in [0.25, 0.3) is 0 Å². The maximum atomic E-state index is 13.2. The summed E-state index contributed by atoms with van der Waals surface area (Å²) >= 11 is 4.89. The Kier molecular flexibility index (Phi) is 3.15. The van der Waals surface area contributed by atoms with Gasteiger partial charge in [0.2, 0.25) is 6.79 Å². The molecule has 3 rings (SSSR count). The van der Waals surface area contributed by atoms with Crippen molar-refractivity contribution in [3.63, 3.8) is 0 Å². The van der Waals surface area contributed by atoms with Gasteiger partial charge in [-0.3, -0.25) is 0 Å². The molecule has 0 atom stereocenters. The van der Waals surface area contributed by atoms with Crippen LogP contribution in [0.1, 0.15) is 5.56 Å². The van der Waals surface area contributed by atoms with Crippen LogP contribution in [0.4, 0.5) is 4.39 Å². The first kappa shape index (κ1) is 12.7. The van der Waals surface area contributed by atoms with E-state index < -0.39 is 5.82 Å². The molecular weight excluding hydrogens is 281 g/mol. The zero-order chi connectivity index (χ0) is 14.1. The van der Waals surface area contributed by atoms with Crippen LogP contribution in [-0.2, 0) is 0 Å². The minimum Gasteiger partial charge on any atom is -0.456 e. The topological polar surface area (TPSA) is 53.7 Å². The number of rotatable bonds is 3. The number of fused-ring (bicyclic) bond motifs is 1. The van der Waals surface area contributed by atoms with E-state index in [1.165, 1.54) is 18.2 Å². The smallest absolute Gasteiger partial charge is 0.231 e. The molecule has 1 heterocycles. The lowest BCUT2D eigenvalue weighted by Crippen LogP contribution is -2.11. The summed E-state index contributed by atoms with van der Waals surface area (Å²) < 4.78 is 29.4. The van der Waals surface area contributed by atoms with Crippen LogP contribution in [0.15, 0.2) is 36.4 Å². The van der Waals surface area contributed by atoms with Crippen molar-refractivity contribution >= 4 is 17.2 Å². The van der Waals surface area contributed by atoms with Gasteiger partial charge < -0.3 is 19.9 Å². The molecule has 20 heavy (non-hydrogen) atoms. The Labute approximate surface area is 119 Å². The molecule has 0 saturated heterocycles. The van der Waals surface area contributed by atoms with Gasteiger partial charge in [-0.1, -0.05) is 12.2 Å². The molecule has 0 fully saturated rings. The van der Waals surface area contributed by atoms with Crippen LogP contribution in [0, 0.1) is 5.82 Å². The van der Waals surface area contributed by atoms with Crippen molar-refractivity contribution in [1.29, 1.82) is 0 Å². The molecule has 2 aromatic carbocycles. The van der Waals surface area contributed by atoms with Crippen LogP contribution in [0.25, 0.3) is 0 Å². The molecule has 4 nitrogen and oxygen atoms in total. The van der Waals surface area contributed by atoms with Crippen molar-refractivity contribution < 1.29 is 18.6 Å². The molecule has 0 aromatic heterocycles. The summed E-state index contributed by atoms with van der Waals surface area (Å²) in [5, 5.41) is 0. The fourth-order valence-electron chi connectivity index (χ4n) is 1.85.